The molecule has 0 fully saturated rings. The Bertz CT molecular complexity index is 3120. The molecule has 0 amide bonds. The molecular weight excluding hydrogens is 927 g/mol. The Labute approximate surface area is 466 Å². The molecule has 9 rings (SSSR count). The van der Waals surface area contributed by atoms with Gasteiger partial charge >= 0.3 is 0 Å². The van der Waals surface area contributed by atoms with Gasteiger partial charge in [-0.15, -0.1) is 0 Å². The van der Waals surface area contributed by atoms with Crippen LogP contribution in [0.15, 0.2) is 182 Å². The highest BCUT2D eigenvalue weighted by atomic mass is 15.1. The van der Waals surface area contributed by atoms with Gasteiger partial charge in [-0.2, -0.15) is 0 Å². The molecule has 8 aromatic carbocycles. The van der Waals surface area contributed by atoms with Gasteiger partial charge in [0.15, 0.2) is 0 Å². The standard InChI is InChI=1S/C76H89N/c1-13-19-29-53(16-4)58-50-68(54(17-5)27-14-2)73(69(51-58)55(18-6)28-15-3)57-36-46-63(47-37-57)77(72-35-26-24-32-65(72)56-30-21-20-22-31-56)64-48-49-67-66-33-23-25-34-70(66)76(71(67)52-64,61-42-38-59(39-43-61)74(7,8)9)62-44-40-60(41-45-62)75(10,11)12/h20-26,30-55H,13-19,27-29H2,1-12H3. The molecule has 3 unspecified atom stereocenters. The maximum atomic E-state index is 2.68. The fourth-order valence-corrected chi connectivity index (χ4v) is 13.2. The van der Waals surface area contributed by atoms with Crippen molar-refractivity contribution in [3.05, 3.63) is 232 Å². The topological polar surface area (TPSA) is 3.24 Å². The molecule has 8 aromatic rings. The van der Waals surface area contributed by atoms with E-state index in [0.717, 1.165) is 29.9 Å². The molecule has 0 heterocycles. The molecule has 1 aliphatic carbocycles. The molecule has 1 aliphatic rings. The average Bonchev–Trinajstić information content (AvgIpc) is 3.87. The van der Waals surface area contributed by atoms with Gasteiger partial charge in [0.25, 0.3) is 0 Å². The number of fused-ring (bicyclic) bond motifs is 3. The Balaban J connectivity index is 1.30. The molecule has 1 nitrogen and oxygen atoms in total. The zero-order chi connectivity index (χ0) is 54.5. The van der Waals surface area contributed by atoms with E-state index in [2.05, 4.69) is 270 Å². The lowest BCUT2D eigenvalue weighted by Crippen LogP contribution is -2.29. The van der Waals surface area contributed by atoms with E-state index in [0.29, 0.717) is 17.8 Å². The van der Waals surface area contributed by atoms with Gasteiger partial charge in [0.1, 0.15) is 0 Å². The van der Waals surface area contributed by atoms with Crippen molar-refractivity contribution in [3.8, 4) is 33.4 Å². The van der Waals surface area contributed by atoms with Crippen LogP contribution in [0.4, 0.5) is 17.1 Å². The normalized spacial score (nSPS) is 14.2. The van der Waals surface area contributed by atoms with Crippen molar-refractivity contribution in [2.24, 2.45) is 0 Å². The molecule has 0 N–H and O–H groups in total. The molecular formula is C76H89N. The van der Waals surface area contributed by atoms with Gasteiger partial charge in [-0.3, -0.25) is 0 Å². The van der Waals surface area contributed by atoms with Crippen molar-refractivity contribution in [1.29, 1.82) is 0 Å². The van der Waals surface area contributed by atoms with Gasteiger partial charge in [0.05, 0.1) is 11.1 Å². The van der Waals surface area contributed by atoms with Gasteiger partial charge in [-0.05, 0) is 175 Å². The zero-order valence-electron chi connectivity index (χ0n) is 49.1. The van der Waals surface area contributed by atoms with Crippen LogP contribution < -0.4 is 4.90 Å². The first kappa shape index (κ1) is 55.3. The van der Waals surface area contributed by atoms with Crippen LogP contribution >= 0.6 is 0 Å². The molecule has 1 heteroatoms. The number of hydrogen-bond acceptors (Lipinski definition) is 1. The van der Waals surface area contributed by atoms with Crippen LogP contribution in [0.2, 0.25) is 0 Å². The van der Waals surface area contributed by atoms with Gasteiger partial charge < -0.3 is 4.90 Å². The second-order valence-corrected chi connectivity index (χ2v) is 24.6. The summed E-state index contributed by atoms with van der Waals surface area (Å²) in [6, 6.07) is 71.0. The molecule has 3 atom stereocenters. The molecule has 0 aromatic heterocycles. The Morgan fingerprint density at radius 3 is 1.42 bits per heavy atom. The van der Waals surface area contributed by atoms with Crippen molar-refractivity contribution < 1.29 is 0 Å². The summed E-state index contributed by atoms with van der Waals surface area (Å²) in [5.74, 6) is 1.61. The van der Waals surface area contributed by atoms with E-state index in [1.165, 1.54) is 118 Å². The quantitative estimate of drug-likeness (QED) is 0.0735. The van der Waals surface area contributed by atoms with Crippen molar-refractivity contribution in [2.75, 3.05) is 4.90 Å². The highest BCUT2D eigenvalue weighted by molar-refractivity contribution is 5.93. The highest BCUT2D eigenvalue weighted by Gasteiger charge is 2.47. The van der Waals surface area contributed by atoms with E-state index in [9.17, 15) is 0 Å². The molecule has 0 bridgehead atoms. The van der Waals surface area contributed by atoms with Crippen LogP contribution in [0.25, 0.3) is 33.4 Å². The Hall–Kier alpha value is -6.44. The van der Waals surface area contributed by atoms with Crippen LogP contribution in [0, 0.1) is 0 Å². The summed E-state index contributed by atoms with van der Waals surface area (Å²) in [6.45, 7) is 28.2. The molecule has 0 radical (unpaired) electrons. The lowest BCUT2D eigenvalue weighted by molar-refractivity contribution is 0.556. The summed E-state index contributed by atoms with van der Waals surface area (Å²) in [6.07, 6.45) is 12.0. The number of unbranched alkanes of at least 4 members (excludes halogenated alkanes) is 1. The zero-order valence-corrected chi connectivity index (χ0v) is 49.1. The maximum Gasteiger partial charge on any atom is 0.0714 e. The molecule has 0 spiro atoms. The average molecular weight is 1020 g/mol. The van der Waals surface area contributed by atoms with E-state index in [1.807, 2.05) is 0 Å². The lowest BCUT2D eigenvalue weighted by Gasteiger charge is -2.36. The third-order valence-corrected chi connectivity index (χ3v) is 17.5. The minimum Gasteiger partial charge on any atom is -0.310 e. The fraction of sp³-hybridized carbons (Fsp3) is 0.368. The van der Waals surface area contributed by atoms with Gasteiger partial charge in [-0.1, -0.05) is 260 Å². The van der Waals surface area contributed by atoms with Gasteiger partial charge in [-0.25, -0.2) is 0 Å². The monoisotopic (exact) mass is 1020 g/mol. The third kappa shape index (κ3) is 10.9. The number of para-hydroxylation sites is 1. The Kier molecular flexibility index (Phi) is 17.0. The van der Waals surface area contributed by atoms with Crippen LogP contribution in [0.5, 0.6) is 0 Å². The highest BCUT2D eigenvalue weighted by Crippen LogP contribution is 2.58. The van der Waals surface area contributed by atoms with Crippen LogP contribution in [0.1, 0.15) is 215 Å². The van der Waals surface area contributed by atoms with E-state index >= 15 is 0 Å². The molecule has 77 heavy (non-hydrogen) atoms. The van der Waals surface area contributed by atoms with Crippen molar-refractivity contribution >= 4 is 17.1 Å². The number of rotatable bonds is 20. The van der Waals surface area contributed by atoms with E-state index in [4.69, 9.17) is 0 Å². The van der Waals surface area contributed by atoms with Crippen LogP contribution in [0.3, 0.4) is 0 Å². The van der Waals surface area contributed by atoms with Crippen molar-refractivity contribution in [3.63, 3.8) is 0 Å². The second-order valence-electron chi connectivity index (χ2n) is 24.6. The number of anilines is 3. The minimum atomic E-state index is -0.571. The molecule has 0 saturated heterocycles. The molecule has 0 saturated carbocycles. The third-order valence-electron chi connectivity index (χ3n) is 17.5. The van der Waals surface area contributed by atoms with E-state index in [1.54, 1.807) is 16.7 Å². The first-order valence-corrected chi connectivity index (χ1v) is 29.9. The number of nitrogens with zero attached hydrogens (tertiary/aromatic N) is 1. The summed E-state index contributed by atoms with van der Waals surface area (Å²) >= 11 is 0. The summed E-state index contributed by atoms with van der Waals surface area (Å²) in [5.41, 5.74) is 23.4. The lowest BCUT2D eigenvalue weighted by atomic mass is 9.67. The summed E-state index contributed by atoms with van der Waals surface area (Å²) < 4.78 is 0. The van der Waals surface area contributed by atoms with Crippen LogP contribution in [-0.4, -0.2) is 0 Å². The van der Waals surface area contributed by atoms with E-state index in [-0.39, 0.29) is 10.8 Å². The predicted molar refractivity (Wildman–Crippen MR) is 335 cm³/mol. The summed E-state index contributed by atoms with van der Waals surface area (Å²) in [4.78, 5) is 2.55. The smallest absolute Gasteiger partial charge is 0.0714 e. The SMILES string of the molecule is CCCCC(CC)c1cc(C(CC)CCC)c(-c2ccc(N(c3ccc4c(c3)C(c3ccc(C(C)(C)C)cc3)(c3ccc(C(C)(C)C)cc3)c3ccccc3-4)c3ccccc3-c3ccccc3)cc2)c(C(CC)CCC)c1. The first-order chi connectivity index (χ1) is 37.2. The second kappa shape index (κ2) is 23.7. The van der Waals surface area contributed by atoms with E-state index < -0.39 is 5.41 Å². The fourth-order valence-electron chi connectivity index (χ4n) is 13.2. The Morgan fingerprint density at radius 1 is 0.403 bits per heavy atom. The minimum absolute atomic E-state index is 0.0281. The van der Waals surface area contributed by atoms with Gasteiger partial charge in [0.2, 0.25) is 0 Å². The van der Waals surface area contributed by atoms with Crippen molar-refractivity contribution in [2.45, 2.75) is 181 Å². The maximum absolute atomic E-state index is 2.68. The Morgan fingerprint density at radius 2 is 0.896 bits per heavy atom. The van der Waals surface area contributed by atoms with Crippen LogP contribution in [-0.2, 0) is 16.2 Å². The molecule has 398 valence electrons. The van der Waals surface area contributed by atoms with Gasteiger partial charge in [0, 0.05) is 16.9 Å². The largest absolute Gasteiger partial charge is 0.310 e. The predicted octanol–water partition coefficient (Wildman–Crippen LogP) is 22.7. The van der Waals surface area contributed by atoms with Crippen molar-refractivity contribution in [1.82, 2.24) is 0 Å². The first-order valence-electron chi connectivity index (χ1n) is 29.9. The molecule has 0 aliphatic heterocycles. The summed E-state index contributed by atoms with van der Waals surface area (Å²) in [5, 5.41) is 0. The summed E-state index contributed by atoms with van der Waals surface area (Å²) in [7, 11) is 0. The number of benzene rings is 8. The number of hydrogen-bond donors (Lipinski definition) is 0.